The van der Waals surface area contributed by atoms with Crippen molar-refractivity contribution in [2.24, 2.45) is 11.3 Å². The van der Waals surface area contributed by atoms with E-state index in [-0.39, 0.29) is 5.91 Å². The molecule has 31 heavy (non-hydrogen) atoms. The van der Waals surface area contributed by atoms with Crippen molar-refractivity contribution in [1.82, 2.24) is 10.2 Å². The highest BCUT2D eigenvalue weighted by Gasteiger charge is 2.45. The van der Waals surface area contributed by atoms with Crippen LogP contribution >= 0.6 is 11.6 Å². The molecule has 1 aliphatic carbocycles. The predicted molar refractivity (Wildman–Crippen MR) is 111 cm³/mol. The molecule has 2 fully saturated rings. The molecule has 2 aliphatic rings. The lowest BCUT2D eigenvalue weighted by molar-refractivity contribution is -0.192. The quantitative estimate of drug-likeness (QED) is 0.659. The maximum absolute atomic E-state index is 12.0. The zero-order chi connectivity index (χ0) is 23.2. The number of piperidine rings is 1. The Bertz CT molecular complexity index is 776. The lowest BCUT2D eigenvalue weighted by Crippen LogP contribution is -2.30. The van der Waals surface area contributed by atoms with Gasteiger partial charge in [0.05, 0.1) is 17.2 Å². The monoisotopic (exact) mass is 464 g/mol. The average Bonchev–Trinajstić information content (AvgIpc) is 3.46. The number of ether oxygens (including phenoxy) is 1. The van der Waals surface area contributed by atoms with Crippen molar-refractivity contribution < 1.29 is 32.6 Å². The second-order valence-electron chi connectivity index (χ2n) is 8.33. The fourth-order valence-corrected chi connectivity index (χ4v) is 3.77. The number of rotatable bonds is 6. The third kappa shape index (κ3) is 7.88. The Morgan fingerprint density at radius 2 is 1.84 bits per heavy atom. The summed E-state index contributed by atoms with van der Waals surface area (Å²) in [5, 5.41) is 11.0. The Morgan fingerprint density at radius 1 is 1.26 bits per heavy atom. The number of hydrogen-bond acceptors (Lipinski definition) is 4. The van der Waals surface area contributed by atoms with Crippen LogP contribution in [0.1, 0.15) is 42.5 Å². The first kappa shape index (κ1) is 25.3. The summed E-state index contributed by atoms with van der Waals surface area (Å²) >= 11 is 6.26. The van der Waals surface area contributed by atoms with Crippen molar-refractivity contribution in [2.45, 2.75) is 38.3 Å². The molecule has 3 rings (SSSR count). The van der Waals surface area contributed by atoms with Gasteiger partial charge in [-0.05, 0) is 69.3 Å². The van der Waals surface area contributed by atoms with Crippen molar-refractivity contribution in [3.05, 3.63) is 28.8 Å². The Morgan fingerprint density at radius 3 is 2.29 bits per heavy atom. The molecule has 0 bridgehead atoms. The maximum Gasteiger partial charge on any atom is 0.490 e. The number of carboxylic acid groups (broad SMARTS) is 1. The van der Waals surface area contributed by atoms with Gasteiger partial charge in [0.1, 0.15) is 5.75 Å². The highest BCUT2D eigenvalue weighted by atomic mass is 35.5. The zero-order valence-electron chi connectivity index (χ0n) is 17.6. The first-order valence-electron chi connectivity index (χ1n) is 10.1. The molecule has 0 radical (unpaired) electrons. The Hall–Kier alpha value is -2.00. The van der Waals surface area contributed by atoms with Crippen LogP contribution in [0.25, 0.3) is 0 Å². The number of halogens is 4. The van der Waals surface area contributed by atoms with E-state index in [1.54, 1.807) is 26.2 Å². The molecule has 6 nitrogen and oxygen atoms in total. The fourth-order valence-electron chi connectivity index (χ4n) is 3.52. The molecule has 0 spiro atoms. The number of benzene rings is 1. The summed E-state index contributed by atoms with van der Waals surface area (Å²) in [5.41, 5.74) is 0.886. The van der Waals surface area contributed by atoms with Gasteiger partial charge in [0, 0.05) is 19.5 Å². The van der Waals surface area contributed by atoms with Crippen molar-refractivity contribution in [3.63, 3.8) is 0 Å². The SMILES string of the molecule is CN(C)C(=O)c1ccc(OCC2(CC3CCNCC3)CC2)cc1Cl.O=C(O)C(F)(F)F. The summed E-state index contributed by atoms with van der Waals surface area (Å²) < 4.78 is 37.8. The molecular formula is C21H28ClF3N2O4. The molecular weight excluding hydrogens is 437 g/mol. The third-order valence-corrected chi connectivity index (χ3v) is 5.81. The van der Waals surface area contributed by atoms with E-state index in [0.717, 1.165) is 31.4 Å². The van der Waals surface area contributed by atoms with Crippen molar-refractivity contribution >= 4 is 23.5 Å². The van der Waals surface area contributed by atoms with Crippen molar-refractivity contribution in [1.29, 1.82) is 0 Å². The van der Waals surface area contributed by atoms with Gasteiger partial charge in [0.25, 0.3) is 5.91 Å². The number of alkyl halides is 3. The molecule has 1 saturated carbocycles. The number of carbonyl (C=O) groups is 2. The molecule has 2 N–H and O–H groups in total. The minimum absolute atomic E-state index is 0.0869. The second-order valence-corrected chi connectivity index (χ2v) is 8.74. The molecule has 1 aromatic carbocycles. The van der Waals surface area contributed by atoms with Gasteiger partial charge < -0.3 is 20.1 Å². The topological polar surface area (TPSA) is 78.9 Å². The number of hydrogen-bond donors (Lipinski definition) is 2. The number of nitrogens with one attached hydrogen (secondary N) is 1. The van der Waals surface area contributed by atoms with E-state index >= 15 is 0 Å². The van der Waals surface area contributed by atoms with Crippen molar-refractivity contribution in [3.8, 4) is 5.75 Å². The summed E-state index contributed by atoms with van der Waals surface area (Å²) in [6, 6.07) is 5.37. The van der Waals surface area contributed by atoms with Gasteiger partial charge >= 0.3 is 12.1 Å². The van der Waals surface area contributed by atoms with E-state index in [2.05, 4.69) is 5.32 Å². The molecule has 10 heteroatoms. The lowest BCUT2D eigenvalue weighted by Gasteiger charge is -2.27. The fraction of sp³-hybridized carbons (Fsp3) is 0.619. The van der Waals surface area contributed by atoms with E-state index < -0.39 is 12.1 Å². The first-order valence-corrected chi connectivity index (χ1v) is 10.5. The van der Waals surface area contributed by atoms with Gasteiger partial charge in [-0.3, -0.25) is 4.79 Å². The van der Waals surface area contributed by atoms with Crippen molar-refractivity contribution in [2.75, 3.05) is 33.8 Å². The number of nitrogens with zero attached hydrogens (tertiary/aromatic N) is 1. The first-order chi connectivity index (χ1) is 14.4. The van der Waals surface area contributed by atoms with Crippen LogP contribution in [0.4, 0.5) is 13.2 Å². The minimum atomic E-state index is -5.08. The van der Waals surface area contributed by atoms with Crippen LogP contribution in [0.15, 0.2) is 18.2 Å². The summed E-state index contributed by atoms with van der Waals surface area (Å²) in [6.45, 7) is 3.06. The smallest absolute Gasteiger partial charge is 0.490 e. The highest BCUT2D eigenvalue weighted by molar-refractivity contribution is 6.34. The summed E-state index contributed by atoms with van der Waals surface area (Å²) in [4.78, 5) is 22.4. The normalized spacial score (nSPS) is 17.9. The third-order valence-electron chi connectivity index (χ3n) is 5.50. The van der Waals surface area contributed by atoms with E-state index in [0.29, 0.717) is 16.0 Å². The van der Waals surface area contributed by atoms with Gasteiger partial charge in [0.2, 0.25) is 0 Å². The number of amides is 1. The lowest BCUT2D eigenvalue weighted by atomic mass is 9.86. The largest absolute Gasteiger partial charge is 0.493 e. The molecule has 1 heterocycles. The van der Waals surface area contributed by atoms with Gasteiger partial charge in [0.15, 0.2) is 0 Å². The maximum atomic E-state index is 12.0. The van der Waals surface area contributed by atoms with Crippen LogP contribution in [0.5, 0.6) is 5.75 Å². The van der Waals surface area contributed by atoms with Crippen LogP contribution in [0.2, 0.25) is 5.02 Å². The van der Waals surface area contributed by atoms with Gasteiger partial charge in [-0.25, -0.2) is 4.79 Å². The summed E-state index contributed by atoms with van der Waals surface area (Å²) in [7, 11) is 3.45. The molecule has 0 aromatic heterocycles. The van der Waals surface area contributed by atoms with Gasteiger partial charge in [-0.15, -0.1) is 0 Å². The molecule has 1 aliphatic heterocycles. The van der Waals surface area contributed by atoms with Crippen LogP contribution < -0.4 is 10.1 Å². The number of carbonyl (C=O) groups excluding carboxylic acids is 1. The predicted octanol–water partition coefficient (Wildman–Crippen LogP) is 4.22. The Kier molecular flexibility index (Phi) is 8.59. The van der Waals surface area contributed by atoms with Gasteiger partial charge in [-0.1, -0.05) is 11.6 Å². The standard InChI is InChI=1S/C19H27ClN2O2.C2HF3O2/c1-22(2)18(23)16-4-3-15(11-17(16)20)24-13-19(7-8-19)12-14-5-9-21-10-6-14;3-2(4,5)1(6)7/h3-4,11,14,21H,5-10,12-13H2,1-2H3;(H,6,7). The Labute approximate surface area is 184 Å². The van der Waals surface area contributed by atoms with E-state index in [1.807, 2.05) is 6.07 Å². The molecule has 0 unspecified atom stereocenters. The zero-order valence-corrected chi connectivity index (χ0v) is 18.4. The van der Waals surface area contributed by atoms with Gasteiger partial charge in [-0.2, -0.15) is 13.2 Å². The summed E-state index contributed by atoms with van der Waals surface area (Å²) in [6.07, 6.45) is 1.30. The van der Waals surface area contributed by atoms with E-state index in [9.17, 15) is 18.0 Å². The minimum Gasteiger partial charge on any atom is -0.493 e. The van der Waals surface area contributed by atoms with E-state index in [1.165, 1.54) is 37.0 Å². The molecule has 1 saturated heterocycles. The average molecular weight is 465 g/mol. The molecule has 1 amide bonds. The van der Waals surface area contributed by atoms with E-state index in [4.69, 9.17) is 26.2 Å². The number of aliphatic carboxylic acids is 1. The highest BCUT2D eigenvalue weighted by Crippen LogP contribution is 2.52. The van der Waals surface area contributed by atoms with Crippen LogP contribution in [-0.4, -0.2) is 61.9 Å². The summed E-state index contributed by atoms with van der Waals surface area (Å²) in [5.74, 6) is -1.25. The Balaban J connectivity index is 0.000000423. The van der Waals surface area contributed by atoms with Crippen LogP contribution in [0, 0.1) is 11.3 Å². The van der Waals surface area contributed by atoms with Crippen LogP contribution in [-0.2, 0) is 4.79 Å². The number of carboxylic acids is 1. The van der Waals surface area contributed by atoms with Crippen LogP contribution in [0.3, 0.4) is 0 Å². The second kappa shape index (κ2) is 10.5. The molecule has 1 aromatic rings. The molecule has 0 atom stereocenters. The molecule has 174 valence electrons.